The van der Waals surface area contributed by atoms with Gasteiger partial charge in [-0.2, -0.15) is 0 Å². The van der Waals surface area contributed by atoms with Gasteiger partial charge in [0, 0.05) is 18.7 Å². The molecule has 26 heavy (non-hydrogen) atoms. The van der Waals surface area contributed by atoms with Crippen LogP contribution in [0.5, 0.6) is 0 Å². The van der Waals surface area contributed by atoms with Crippen LogP contribution in [0.4, 0.5) is 5.69 Å². The van der Waals surface area contributed by atoms with Gasteiger partial charge < -0.3 is 14.3 Å². The van der Waals surface area contributed by atoms with Gasteiger partial charge in [-0.3, -0.25) is 19.4 Å². The van der Waals surface area contributed by atoms with Gasteiger partial charge in [0.25, 0.3) is 5.91 Å². The average molecular weight is 356 g/mol. The molecule has 3 heterocycles. The third-order valence-corrected chi connectivity index (χ3v) is 4.90. The largest absolute Gasteiger partial charge is 0.461 e. The molecule has 1 amide bonds. The topological polar surface area (TPSA) is 83.2 Å². The van der Waals surface area contributed by atoms with Crippen molar-refractivity contribution in [2.24, 2.45) is 0 Å². The second-order valence-electron chi connectivity index (χ2n) is 6.56. The number of amides is 1. The summed E-state index contributed by atoms with van der Waals surface area (Å²) in [5, 5.41) is 11.2. The number of ether oxygens (including phenoxy) is 1. The van der Waals surface area contributed by atoms with Crippen LogP contribution in [-0.2, 0) is 15.1 Å². The molecule has 0 radical (unpaired) electrons. The molecule has 136 valence electrons. The number of ketones is 1. The molecule has 1 saturated heterocycles. The maximum Gasteiger partial charge on any atom is 0.265 e. The van der Waals surface area contributed by atoms with Gasteiger partial charge in [-0.15, -0.1) is 0 Å². The van der Waals surface area contributed by atoms with Gasteiger partial charge in [0.15, 0.2) is 11.4 Å². The van der Waals surface area contributed by atoms with E-state index in [1.54, 1.807) is 29.2 Å². The molecule has 0 unspecified atom stereocenters. The van der Waals surface area contributed by atoms with E-state index in [-0.39, 0.29) is 12.2 Å². The first-order valence-electron chi connectivity index (χ1n) is 8.60. The Labute approximate surface area is 150 Å². The van der Waals surface area contributed by atoms with Crippen LogP contribution < -0.4 is 4.90 Å². The van der Waals surface area contributed by atoms with Gasteiger partial charge in [-0.25, -0.2) is 0 Å². The maximum absolute atomic E-state index is 13.1. The number of carbonyl (C=O) groups excluding carboxylic acids is 2. The fraction of sp³-hybridized carbons (Fsp3) is 0.368. The minimum absolute atomic E-state index is 0.135. The Kier molecular flexibility index (Phi) is 4.36. The van der Waals surface area contributed by atoms with Gasteiger partial charge in [0.1, 0.15) is 0 Å². The van der Waals surface area contributed by atoms with E-state index in [0.29, 0.717) is 31.1 Å². The lowest BCUT2D eigenvalue weighted by Gasteiger charge is -2.31. The Morgan fingerprint density at radius 2 is 1.92 bits per heavy atom. The third kappa shape index (κ3) is 2.84. The number of hydrogen-bond acceptors (Lipinski definition) is 6. The second-order valence-corrected chi connectivity index (χ2v) is 6.56. The van der Waals surface area contributed by atoms with Crippen molar-refractivity contribution in [3.05, 3.63) is 54.0 Å². The lowest BCUT2D eigenvalue weighted by Crippen LogP contribution is -2.49. The van der Waals surface area contributed by atoms with Crippen LogP contribution in [0.1, 0.15) is 22.5 Å². The van der Waals surface area contributed by atoms with E-state index in [9.17, 15) is 14.7 Å². The lowest BCUT2D eigenvalue weighted by atomic mass is 9.89. The van der Waals surface area contributed by atoms with Crippen LogP contribution in [0.25, 0.3) is 0 Å². The molecule has 2 aromatic rings. The summed E-state index contributed by atoms with van der Waals surface area (Å²) in [6, 6.07) is 10.2. The fourth-order valence-electron chi connectivity index (χ4n) is 3.52. The first kappa shape index (κ1) is 17.0. The summed E-state index contributed by atoms with van der Waals surface area (Å²) in [5.41, 5.74) is -0.788. The van der Waals surface area contributed by atoms with Crippen molar-refractivity contribution in [3.8, 4) is 0 Å². The Hall–Kier alpha value is -2.48. The predicted octanol–water partition coefficient (Wildman–Crippen LogP) is 1.38. The van der Waals surface area contributed by atoms with E-state index in [4.69, 9.17) is 9.15 Å². The molecular formula is C19H20N2O5. The second kappa shape index (κ2) is 6.68. The maximum atomic E-state index is 13.1. The Morgan fingerprint density at radius 1 is 1.15 bits per heavy atom. The molecule has 1 atom stereocenters. The average Bonchev–Trinajstić information content (AvgIpc) is 3.26. The molecule has 1 fully saturated rings. The van der Waals surface area contributed by atoms with Gasteiger partial charge in [0.05, 0.1) is 38.3 Å². The van der Waals surface area contributed by atoms with E-state index in [1.165, 1.54) is 12.3 Å². The van der Waals surface area contributed by atoms with Gasteiger partial charge >= 0.3 is 0 Å². The summed E-state index contributed by atoms with van der Waals surface area (Å²) in [6.07, 6.45) is 1.04. The van der Waals surface area contributed by atoms with E-state index in [0.717, 1.165) is 13.1 Å². The summed E-state index contributed by atoms with van der Waals surface area (Å²) in [4.78, 5) is 29.2. The normalized spacial score (nSPS) is 23.3. The molecule has 4 rings (SSSR count). The standard InChI is InChI=1S/C19H20N2O5/c22-16(17-6-3-9-26-17)12-19(24)14-4-1-2-5-15(14)21(18(19)23)13-20-7-10-25-11-8-20/h1-6,9,24H,7-8,10-13H2/t19-/m0/s1. The first-order valence-corrected chi connectivity index (χ1v) is 8.60. The van der Waals surface area contributed by atoms with Gasteiger partial charge in [0.2, 0.25) is 5.78 Å². The molecule has 7 heteroatoms. The summed E-state index contributed by atoms with van der Waals surface area (Å²) >= 11 is 0. The number of fused-ring (bicyclic) bond motifs is 1. The predicted molar refractivity (Wildman–Crippen MR) is 92.7 cm³/mol. The highest BCUT2D eigenvalue weighted by molar-refractivity contribution is 6.10. The lowest BCUT2D eigenvalue weighted by molar-refractivity contribution is -0.136. The highest BCUT2D eigenvalue weighted by Crippen LogP contribution is 2.42. The number of morpholine rings is 1. The van der Waals surface area contributed by atoms with Crippen molar-refractivity contribution < 1.29 is 23.8 Å². The molecule has 1 aromatic heterocycles. The quantitative estimate of drug-likeness (QED) is 0.815. The number of anilines is 1. The van der Waals surface area contributed by atoms with Crippen LogP contribution in [0.3, 0.4) is 0 Å². The number of carbonyl (C=O) groups is 2. The van der Waals surface area contributed by atoms with Crippen LogP contribution >= 0.6 is 0 Å². The highest BCUT2D eigenvalue weighted by atomic mass is 16.5. The van der Waals surface area contributed by atoms with Crippen LogP contribution in [0.15, 0.2) is 47.1 Å². The van der Waals surface area contributed by atoms with Crippen molar-refractivity contribution in [3.63, 3.8) is 0 Å². The van der Waals surface area contributed by atoms with E-state index < -0.39 is 17.3 Å². The highest BCUT2D eigenvalue weighted by Gasteiger charge is 2.51. The van der Waals surface area contributed by atoms with Crippen LogP contribution in [-0.4, -0.2) is 54.7 Å². The Balaban J connectivity index is 1.63. The molecule has 2 aliphatic rings. The van der Waals surface area contributed by atoms with E-state index >= 15 is 0 Å². The summed E-state index contributed by atoms with van der Waals surface area (Å²) in [5.74, 6) is -0.755. The van der Waals surface area contributed by atoms with Crippen molar-refractivity contribution in [1.29, 1.82) is 0 Å². The number of furan rings is 1. The SMILES string of the molecule is O=C(C[C@@]1(O)C(=O)N(CN2CCOCC2)c2ccccc21)c1ccco1. The third-order valence-electron chi connectivity index (χ3n) is 4.90. The van der Waals surface area contributed by atoms with E-state index in [2.05, 4.69) is 4.90 Å². The zero-order chi connectivity index (χ0) is 18.1. The zero-order valence-corrected chi connectivity index (χ0v) is 14.3. The van der Waals surface area contributed by atoms with Crippen molar-refractivity contribution in [2.75, 3.05) is 37.9 Å². The molecule has 7 nitrogen and oxygen atoms in total. The van der Waals surface area contributed by atoms with Gasteiger partial charge in [-0.05, 0) is 18.2 Å². The number of para-hydroxylation sites is 1. The number of hydrogen-bond donors (Lipinski definition) is 1. The molecule has 0 spiro atoms. The smallest absolute Gasteiger partial charge is 0.265 e. The van der Waals surface area contributed by atoms with Crippen molar-refractivity contribution in [2.45, 2.75) is 12.0 Å². The van der Waals surface area contributed by atoms with Gasteiger partial charge in [-0.1, -0.05) is 18.2 Å². The van der Waals surface area contributed by atoms with E-state index in [1.807, 2.05) is 6.07 Å². The monoisotopic (exact) mass is 356 g/mol. The fourth-order valence-corrected chi connectivity index (χ4v) is 3.52. The summed E-state index contributed by atoms with van der Waals surface area (Å²) < 4.78 is 10.5. The van der Waals surface area contributed by atoms with Crippen LogP contribution in [0.2, 0.25) is 0 Å². The van der Waals surface area contributed by atoms with Crippen LogP contribution in [0, 0.1) is 0 Å². The minimum Gasteiger partial charge on any atom is -0.461 e. The molecule has 0 bridgehead atoms. The number of benzene rings is 1. The Bertz CT molecular complexity index is 813. The summed E-state index contributed by atoms with van der Waals surface area (Å²) in [7, 11) is 0. The first-order chi connectivity index (χ1) is 12.6. The van der Waals surface area contributed by atoms with Crippen molar-refractivity contribution >= 4 is 17.4 Å². The number of aliphatic hydroxyl groups is 1. The Morgan fingerprint density at radius 3 is 2.65 bits per heavy atom. The molecule has 2 aliphatic heterocycles. The molecular weight excluding hydrogens is 336 g/mol. The molecule has 0 aliphatic carbocycles. The van der Waals surface area contributed by atoms with Crippen molar-refractivity contribution in [1.82, 2.24) is 4.90 Å². The molecule has 1 aromatic carbocycles. The zero-order valence-electron chi connectivity index (χ0n) is 14.3. The number of rotatable bonds is 5. The number of Topliss-reactive ketones (excluding diaryl/α,β-unsaturated/α-hetero) is 1. The number of nitrogens with zero attached hydrogens (tertiary/aromatic N) is 2. The summed E-state index contributed by atoms with van der Waals surface area (Å²) in [6.45, 7) is 3.03. The molecule has 0 saturated carbocycles. The minimum atomic E-state index is -1.88. The molecule has 1 N–H and O–H groups in total.